The number of rotatable bonds is 3. The van der Waals surface area contributed by atoms with Crippen LogP contribution >= 0.6 is 11.8 Å². The monoisotopic (exact) mass is 226 g/mol. The lowest BCUT2D eigenvalue weighted by Crippen LogP contribution is -2.01. The van der Waals surface area contributed by atoms with Crippen LogP contribution in [-0.4, -0.2) is 23.8 Å². The molecule has 3 nitrogen and oxygen atoms in total. The summed E-state index contributed by atoms with van der Waals surface area (Å²) in [7, 11) is 0. The number of thioether (sulfide) groups is 1. The molecule has 1 atom stereocenters. The molecular weight excluding hydrogens is 212 g/mol. The summed E-state index contributed by atoms with van der Waals surface area (Å²) in [6.07, 6.45) is 0. The maximum absolute atomic E-state index is 9.00. The summed E-state index contributed by atoms with van der Waals surface area (Å²) in [5.74, 6) is 1.61. The Morgan fingerprint density at radius 2 is 2.07 bits per heavy atom. The third-order valence-corrected chi connectivity index (χ3v) is 3.50. The highest BCUT2D eigenvalue weighted by Crippen LogP contribution is 2.39. The van der Waals surface area contributed by atoms with E-state index in [-0.39, 0.29) is 11.9 Å². The van der Waals surface area contributed by atoms with E-state index >= 15 is 0 Å². The average Bonchev–Trinajstić information content (AvgIpc) is 2.65. The first-order valence-electron chi connectivity index (χ1n) is 4.88. The zero-order chi connectivity index (χ0) is 10.8. The van der Waals surface area contributed by atoms with Gasteiger partial charge in [-0.3, -0.25) is 0 Å². The van der Waals surface area contributed by atoms with Gasteiger partial charge in [-0.1, -0.05) is 6.92 Å². The van der Waals surface area contributed by atoms with E-state index in [0.29, 0.717) is 6.79 Å². The topological polar surface area (TPSA) is 38.7 Å². The van der Waals surface area contributed by atoms with Gasteiger partial charge in [-0.25, -0.2) is 0 Å². The van der Waals surface area contributed by atoms with E-state index in [0.717, 1.165) is 22.0 Å². The molecule has 1 aliphatic heterocycles. The number of aryl methyl sites for hydroxylation is 1. The predicted molar refractivity (Wildman–Crippen MR) is 59.7 cm³/mol. The molecule has 0 saturated heterocycles. The SMILES string of the molecule is Cc1cc2c(cc1SC(C)CO)OCO2. The first kappa shape index (κ1) is 10.6. The second-order valence-electron chi connectivity index (χ2n) is 3.58. The van der Waals surface area contributed by atoms with Crippen LogP contribution in [0.15, 0.2) is 17.0 Å². The third-order valence-electron chi connectivity index (χ3n) is 2.26. The quantitative estimate of drug-likeness (QED) is 0.802. The Balaban J connectivity index is 2.24. The zero-order valence-electron chi connectivity index (χ0n) is 8.82. The van der Waals surface area contributed by atoms with E-state index in [2.05, 4.69) is 0 Å². The van der Waals surface area contributed by atoms with Crippen LogP contribution in [0.4, 0.5) is 0 Å². The molecule has 1 aliphatic rings. The van der Waals surface area contributed by atoms with E-state index in [1.165, 1.54) is 0 Å². The standard InChI is InChI=1S/C11H14O3S/c1-7-3-9-10(14-6-13-9)4-11(7)15-8(2)5-12/h3-4,8,12H,5-6H2,1-2H3. The fourth-order valence-electron chi connectivity index (χ4n) is 1.41. The predicted octanol–water partition coefficient (Wildman–Crippen LogP) is 2.20. The summed E-state index contributed by atoms with van der Waals surface area (Å²) in [5, 5.41) is 9.20. The second-order valence-corrected chi connectivity index (χ2v) is 5.06. The molecule has 0 fully saturated rings. The van der Waals surface area contributed by atoms with Gasteiger partial charge in [0.05, 0.1) is 6.61 Å². The minimum Gasteiger partial charge on any atom is -0.454 e. The van der Waals surface area contributed by atoms with Gasteiger partial charge in [0.15, 0.2) is 11.5 Å². The highest BCUT2D eigenvalue weighted by atomic mass is 32.2. The van der Waals surface area contributed by atoms with Crippen LogP contribution in [0.5, 0.6) is 11.5 Å². The van der Waals surface area contributed by atoms with Crippen LogP contribution in [-0.2, 0) is 0 Å². The van der Waals surface area contributed by atoms with Crippen molar-refractivity contribution in [1.82, 2.24) is 0 Å². The lowest BCUT2D eigenvalue weighted by Gasteiger charge is -2.10. The Bertz CT molecular complexity index is 365. The van der Waals surface area contributed by atoms with Crippen LogP contribution < -0.4 is 9.47 Å². The van der Waals surface area contributed by atoms with Crippen molar-refractivity contribution in [1.29, 1.82) is 0 Å². The summed E-state index contributed by atoms with van der Waals surface area (Å²) in [5.41, 5.74) is 1.16. The molecule has 0 aromatic heterocycles. The molecule has 2 rings (SSSR count). The molecule has 15 heavy (non-hydrogen) atoms. The van der Waals surface area contributed by atoms with Gasteiger partial charge >= 0.3 is 0 Å². The van der Waals surface area contributed by atoms with Gasteiger partial charge in [0, 0.05) is 10.1 Å². The summed E-state index contributed by atoms with van der Waals surface area (Å²) in [6, 6.07) is 3.96. The summed E-state index contributed by atoms with van der Waals surface area (Å²) in [6.45, 7) is 4.51. The van der Waals surface area contributed by atoms with Crippen molar-refractivity contribution in [2.45, 2.75) is 24.0 Å². The van der Waals surface area contributed by atoms with Crippen molar-refractivity contribution in [2.24, 2.45) is 0 Å². The minimum atomic E-state index is 0.179. The lowest BCUT2D eigenvalue weighted by molar-refractivity contribution is 0.174. The average molecular weight is 226 g/mol. The highest BCUT2D eigenvalue weighted by molar-refractivity contribution is 8.00. The number of fused-ring (bicyclic) bond motifs is 1. The Hall–Kier alpha value is -0.870. The van der Waals surface area contributed by atoms with E-state index in [4.69, 9.17) is 14.6 Å². The second kappa shape index (κ2) is 4.33. The first-order chi connectivity index (χ1) is 7.20. The fraction of sp³-hybridized carbons (Fsp3) is 0.455. The van der Waals surface area contributed by atoms with Crippen molar-refractivity contribution in [2.75, 3.05) is 13.4 Å². The number of ether oxygens (including phenoxy) is 2. The van der Waals surface area contributed by atoms with Gasteiger partial charge in [0.2, 0.25) is 6.79 Å². The molecule has 82 valence electrons. The highest BCUT2D eigenvalue weighted by Gasteiger charge is 2.16. The van der Waals surface area contributed by atoms with Crippen LogP contribution in [0.1, 0.15) is 12.5 Å². The normalized spacial score (nSPS) is 15.4. The van der Waals surface area contributed by atoms with Gasteiger partial charge in [-0.2, -0.15) is 0 Å². The van der Waals surface area contributed by atoms with Gasteiger partial charge in [0.25, 0.3) is 0 Å². The molecule has 4 heteroatoms. The summed E-state index contributed by atoms with van der Waals surface area (Å²) in [4.78, 5) is 1.14. The molecule has 0 radical (unpaired) electrons. The van der Waals surface area contributed by atoms with Crippen molar-refractivity contribution in [3.05, 3.63) is 17.7 Å². The Kier molecular flexibility index (Phi) is 3.07. The maximum Gasteiger partial charge on any atom is 0.231 e. The lowest BCUT2D eigenvalue weighted by atomic mass is 10.2. The number of hydrogen-bond donors (Lipinski definition) is 1. The molecule has 0 bridgehead atoms. The molecular formula is C11H14O3S. The van der Waals surface area contributed by atoms with Crippen LogP contribution in [0.25, 0.3) is 0 Å². The van der Waals surface area contributed by atoms with Crippen molar-refractivity contribution >= 4 is 11.8 Å². The molecule has 1 unspecified atom stereocenters. The molecule has 1 aromatic carbocycles. The number of hydrogen-bond acceptors (Lipinski definition) is 4. The molecule has 0 saturated carbocycles. The van der Waals surface area contributed by atoms with Crippen molar-refractivity contribution in [3.8, 4) is 11.5 Å². The molecule has 1 N–H and O–H groups in total. The van der Waals surface area contributed by atoms with Crippen LogP contribution in [0, 0.1) is 6.92 Å². The van der Waals surface area contributed by atoms with Gasteiger partial charge in [-0.15, -0.1) is 11.8 Å². The summed E-state index contributed by atoms with van der Waals surface area (Å²) >= 11 is 1.65. The molecule has 1 heterocycles. The Morgan fingerprint density at radius 1 is 1.40 bits per heavy atom. The van der Waals surface area contributed by atoms with E-state index in [1.807, 2.05) is 26.0 Å². The minimum absolute atomic E-state index is 0.179. The van der Waals surface area contributed by atoms with Crippen molar-refractivity contribution < 1.29 is 14.6 Å². The van der Waals surface area contributed by atoms with Crippen LogP contribution in [0.2, 0.25) is 0 Å². The Morgan fingerprint density at radius 3 is 2.73 bits per heavy atom. The fourth-order valence-corrected chi connectivity index (χ4v) is 2.33. The van der Waals surface area contributed by atoms with E-state index < -0.39 is 0 Å². The van der Waals surface area contributed by atoms with Crippen LogP contribution in [0.3, 0.4) is 0 Å². The largest absolute Gasteiger partial charge is 0.454 e. The van der Waals surface area contributed by atoms with Gasteiger partial charge in [0.1, 0.15) is 0 Å². The smallest absolute Gasteiger partial charge is 0.231 e. The van der Waals surface area contributed by atoms with Gasteiger partial charge < -0.3 is 14.6 Å². The first-order valence-corrected chi connectivity index (χ1v) is 5.76. The number of aliphatic hydroxyl groups excluding tert-OH is 1. The van der Waals surface area contributed by atoms with E-state index in [1.54, 1.807) is 11.8 Å². The summed E-state index contributed by atoms with van der Waals surface area (Å²) < 4.78 is 10.6. The number of benzene rings is 1. The molecule has 0 aliphatic carbocycles. The molecule has 0 spiro atoms. The van der Waals surface area contributed by atoms with Crippen molar-refractivity contribution in [3.63, 3.8) is 0 Å². The Labute approximate surface area is 93.4 Å². The molecule has 1 aromatic rings. The zero-order valence-corrected chi connectivity index (χ0v) is 9.63. The maximum atomic E-state index is 9.00. The molecule has 0 amide bonds. The number of aliphatic hydroxyl groups is 1. The third kappa shape index (κ3) is 2.21. The van der Waals surface area contributed by atoms with Gasteiger partial charge in [-0.05, 0) is 24.6 Å². The van der Waals surface area contributed by atoms with E-state index in [9.17, 15) is 0 Å².